The lowest BCUT2D eigenvalue weighted by atomic mass is 10.1. The Hall–Kier alpha value is -2.31. The van der Waals surface area contributed by atoms with E-state index in [0.29, 0.717) is 13.0 Å². The smallest absolute Gasteiger partial charge is 0.408 e. The molecule has 0 spiro atoms. The molecule has 1 atom stereocenters. The van der Waals surface area contributed by atoms with Crippen molar-refractivity contribution in [3.05, 3.63) is 25.3 Å². The first-order chi connectivity index (χ1) is 12.6. The predicted molar refractivity (Wildman–Crippen MR) is 105 cm³/mol. The molecule has 27 heavy (non-hydrogen) atoms. The molecule has 7 nitrogen and oxygen atoms in total. The van der Waals surface area contributed by atoms with Crippen molar-refractivity contribution < 1.29 is 23.9 Å². The summed E-state index contributed by atoms with van der Waals surface area (Å²) in [5, 5.41) is 2.57. The number of amides is 2. The highest BCUT2D eigenvalue weighted by atomic mass is 16.6. The maximum atomic E-state index is 12.9. The van der Waals surface area contributed by atoms with E-state index in [9.17, 15) is 14.4 Å². The predicted octanol–water partition coefficient (Wildman–Crippen LogP) is 3.20. The van der Waals surface area contributed by atoms with Gasteiger partial charge in [-0.05, 0) is 53.4 Å². The van der Waals surface area contributed by atoms with Crippen LogP contribution in [0.1, 0.15) is 53.4 Å². The van der Waals surface area contributed by atoms with Crippen molar-refractivity contribution in [1.29, 1.82) is 0 Å². The molecule has 154 valence electrons. The molecule has 0 fully saturated rings. The Labute approximate surface area is 162 Å². The highest BCUT2D eigenvalue weighted by Crippen LogP contribution is 2.09. The second-order valence-corrected chi connectivity index (χ2v) is 7.07. The average molecular weight is 383 g/mol. The summed E-state index contributed by atoms with van der Waals surface area (Å²) in [4.78, 5) is 38.3. The molecule has 0 unspecified atom stereocenters. The quantitative estimate of drug-likeness (QED) is 0.318. The van der Waals surface area contributed by atoms with E-state index in [1.54, 1.807) is 33.8 Å². The highest BCUT2D eigenvalue weighted by molar-refractivity contribution is 5.88. The Balaban J connectivity index is 5.13. The van der Waals surface area contributed by atoms with Crippen molar-refractivity contribution in [3.8, 4) is 0 Å². The molecular formula is C20H34N2O5. The summed E-state index contributed by atoms with van der Waals surface area (Å²) in [7, 11) is 0. The van der Waals surface area contributed by atoms with Crippen LogP contribution in [0, 0.1) is 0 Å². The van der Waals surface area contributed by atoms with Gasteiger partial charge < -0.3 is 19.7 Å². The molecule has 0 saturated heterocycles. The van der Waals surface area contributed by atoms with Gasteiger partial charge in [0.25, 0.3) is 0 Å². The van der Waals surface area contributed by atoms with E-state index in [4.69, 9.17) is 9.47 Å². The van der Waals surface area contributed by atoms with Gasteiger partial charge in [0.1, 0.15) is 18.2 Å². The van der Waals surface area contributed by atoms with Gasteiger partial charge in [0.2, 0.25) is 5.91 Å². The first kappa shape index (κ1) is 24.7. The molecule has 0 aliphatic carbocycles. The summed E-state index contributed by atoms with van der Waals surface area (Å²) in [6, 6.07) is -0.855. The largest absolute Gasteiger partial charge is 0.465 e. The van der Waals surface area contributed by atoms with Gasteiger partial charge in [-0.25, -0.2) is 4.79 Å². The highest BCUT2D eigenvalue weighted by Gasteiger charge is 2.28. The van der Waals surface area contributed by atoms with Gasteiger partial charge in [-0.2, -0.15) is 0 Å². The van der Waals surface area contributed by atoms with Crippen LogP contribution in [-0.2, 0) is 19.1 Å². The third-order valence-corrected chi connectivity index (χ3v) is 3.41. The molecule has 7 heteroatoms. The van der Waals surface area contributed by atoms with Crippen LogP contribution < -0.4 is 5.32 Å². The minimum atomic E-state index is -0.855. The maximum Gasteiger partial charge on any atom is 0.408 e. The van der Waals surface area contributed by atoms with Crippen LogP contribution in [0.15, 0.2) is 25.3 Å². The van der Waals surface area contributed by atoms with Gasteiger partial charge in [-0.15, -0.1) is 13.2 Å². The third-order valence-electron chi connectivity index (χ3n) is 3.41. The van der Waals surface area contributed by atoms with Crippen LogP contribution in [-0.4, -0.2) is 54.2 Å². The van der Waals surface area contributed by atoms with Crippen molar-refractivity contribution >= 4 is 18.0 Å². The normalized spacial score (nSPS) is 11.9. The van der Waals surface area contributed by atoms with Gasteiger partial charge in [-0.3, -0.25) is 9.59 Å². The minimum absolute atomic E-state index is 0.162. The fourth-order valence-electron chi connectivity index (χ4n) is 2.28. The van der Waals surface area contributed by atoms with Gasteiger partial charge in [0.05, 0.1) is 6.61 Å². The van der Waals surface area contributed by atoms with Crippen LogP contribution in [0.2, 0.25) is 0 Å². The van der Waals surface area contributed by atoms with Crippen LogP contribution in [0.4, 0.5) is 4.79 Å². The summed E-state index contributed by atoms with van der Waals surface area (Å²) in [6.07, 6.45) is 5.28. The lowest BCUT2D eigenvalue weighted by Gasteiger charge is -2.28. The van der Waals surface area contributed by atoms with E-state index >= 15 is 0 Å². The Morgan fingerprint density at radius 2 is 1.81 bits per heavy atom. The zero-order valence-electron chi connectivity index (χ0n) is 17.1. The van der Waals surface area contributed by atoms with Gasteiger partial charge >= 0.3 is 12.1 Å². The fraction of sp³-hybridized carbons (Fsp3) is 0.650. The number of hydrogen-bond acceptors (Lipinski definition) is 5. The molecule has 0 aliphatic heterocycles. The van der Waals surface area contributed by atoms with Crippen molar-refractivity contribution in [1.82, 2.24) is 10.2 Å². The SMILES string of the molecule is C=CCCCCN(CC(=O)OCC)C(=O)[C@H](CC=C)NC(=O)OC(C)(C)C. The average Bonchev–Trinajstić information content (AvgIpc) is 2.55. The van der Waals surface area contributed by atoms with E-state index in [1.807, 2.05) is 6.08 Å². The zero-order valence-corrected chi connectivity index (χ0v) is 17.1. The first-order valence-electron chi connectivity index (χ1n) is 9.30. The summed E-state index contributed by atoms with van der Waals surface area (Å²) < 4.78 is 10.2. The molecule has 0 aliphatic rings. The molecule has 0 saturated carbocycles. The van der Waals surface area contributed by atoms with Crippen LogP contribution in [0.5, 0.6) is 0 Å². The number of carbonyl (C=O) groups excluding carboxylic acids is 3. The van der Waals surface area contributed by atoms with Gasteiger partial charge in [0.15, 0.2) is 0 Å². The molecule has 0 heterocycles. The monoisotopic (exact) mass is 382 g/mol. The number of hydrogen-bond donors (Lipinski definition) is 1. The van der Waals surface area contributed by atoms with Crippen molar-refractivity contribution in [2.45, 2.75) is 65.0 Å². The lowest BCUT2D eigenvalue weighted by molar-refractivity contribution is -0.149. The molecule has 0 rings (SSSR count). The first-order valence-corrected chi connectivity index (χ1v) is 9.30. The molecule has 1 N–H and O–H groups in total. The lowest BCUT2D eigenvalue weighted by Crippen LogP contribution is -2.51. The topological polar surface area (TPSA) is 84.9 Å². The maximum absolute atomic E-state index is 12.9. The number of nitrogens with zero attached hydrogens (tertiary/aromatic N) is 1. The molecular weight excluding hydrogens is 348 g/mol. The number of nitrogens with one attached hydrogen (secondary N) is 1. The fourth-order valence-corrected chi connectivity index (χ4v) is 2.28. The second-order valence-electron chi connectivity index (χ2n) is 7.07. The van der Waals surface area contributed by atoms with Crippen molar-refractivity contribution in [2.24, 2.45) is 0 Å². The van der Waals surface area contributed by atoms with E-state index in [1.165, 1.54) is 4.90 Å². The summed E-state index contributed by atoms with van der Waals surface area (Å²) in [5.74, 6) is -0.850. The number of esters is 1. The summed E-state index contributed by atoms with van der Waals surface area (Å²) >= 11 is 0. The Bertz CT molecular complexity index is 511. The number of allylic oxidation sites excluding steroid dienone is 1. The number of unbranched alkanes of at least 4 members (excludes halogenated alkanes) is 2. The third kappa shape index (κ3) is 11.8. The summed E-state index contributed by atoms with van der Waals surface area (Å²) in [6.45, 7) is 14.7. The number of alkyl carbamates (subject to hydrolysis) is 1. The molecule has 0 aromatic rings. The Morgan fingerprint density at radius 3 is 2.33 bits per heavy atom. The van der Waals surface area contributed by atoms with Crippen LogP contribution in [0.3, 0.4) is 0 Å². The molecule has 0 aromatic carbocycles. The standard InChI is InChI=1S/C20H34N2O5/c1-7-10-11-12-14-22(15-17(23)26-9-3)18(24)16(13-8-2)21-19(25)27-20(4,5)6/h7-8,16H,1-2,9-15H2,3-6H3,(H,21,25)/t16-/m0/s1. The molecule has 0 radical (unpaired) electrons. The van der Waals surface area contributed by atoms with E-state index in [0.717, 1.165) is 12.8 Å². The van der Waals surface area contributed by atoms with E-state index in [-0.39, 0.29) is 25.5 Å². The van der Waals surface area contributed by atoms with Gasteiger partial charge in [-0.1, -0.05) is 12.2 Å². The summed E-state index contributed by atoms with van der Waals surface area (Å²) in [5.41, 5.74) is -0.679. The van der Waals surface area contributed by atoms with Crippen LogP contribution in [0.25, 0.3) is 0 Å². The Kier molecular flexibility index (Phi) is 11.8. The second kappa shape index (κ2) is 12.9. The number of carbonyl (C=O) groups is 3. The molecule has 0 aromatic heterocycles. The van der Waals surface area contributed by atoms with E-state index < -0.39 is 23.7 Å². The Morgan fingerprint density at radius 1 is 1.15 bits per heavy atom. The number of rotatable bonds is 12. The molecule has 2 amide bonds. The van der Waals surface area contributed by atoms with Gasteiger partial charge in [0, 0.05) is 6.54 Å². The van der Waals surface area contributed by atoms with Crippen molar-refractivity contribution in [3.63, 3.8) is 0 Å². The molecule has 0 bridgehead atoms. The minimum Gasteiger partial charge on any atom is -0.465 e. The van der Waals surface area contributed by atoms with Crippen molar-refractivity contribution in [2.75, 3.05) is 19.7 Å². The van der Waals surface area contributed by atoms with E-state index in [2.05, 4.69) is 18.5 Å². The van der Waals surface area contributed by atoms with Crippen LogP contribution >= 0.6 is 0 Å². The zero-order chi connectivity index (χ0) is 20.9. The number of ether oxygens (including phenoxy) is 2.